The molecule has 7 heteroatoms. The molecule has 1 amide bonds. The van der Waals surface area contributed by atoms with Gasteiger partial charge < -0.3 is 10.1 Å². The number of nitrogens with zero attached hydrogens (tertiary/aromatic N) is 4. The fourth-order valence-corrected chi connectivity index (χ4v) is 2.61. The van der Waals surface area contributed by atoms with Crippen LogP contribution in [-0.2, 0) is 4.79 Å². The molecule has 1 heterocycles. The molecule has 0 spiro atoms. The Morgan fingerprint density at radius 1 is 1.19 bits per heavy atom. The number of carbonyl (C=O) groups excluding carboxylic acids is 1. The summed E-state index contributed by atoms with van der Waals surface area (Å²) in [4.78, 5) is 12.4. The summed E-state index contributed by atoms with van der Waals surface area (Å²) >= 11 is 0. The summed E-state index contributed by atoms with van der Waals surface area (Å²) in [6.07, 6.45) is 1.93. The summed E-state index contributed by atoms with van der Waals surface area (Å²) < 4.78 is 7.30. The normalized spacial score (nSPS) is 13.0. The summed E-state index contributed by atoms with van der Waals surface area (Å²) in [5.41, 5.74) is 2.77. The SMILES string of the molecule is CCC(C)c1ccc(NC(=O)C(C)Oc2cccc(-n3cnnn3)c2)cc1. The average Bonchev–Trinajstić information content (AvgIpc) is 3.23. The smallest absolute Gasteiger partial charge is 0.265 e. The third-order valence-electron chi connectivity index (χ3n) is 4.47. The first kappa shape index (κ1) is 18.6. The number of amides is 1. The molecule has 0 radical (unpaired) electrons. The zero-order chi connectivity index (χ0) is 19.2. The van der Waals surface area contributed by atoms with E-state index in [1.54, 1.807) is 19.1 Å². The van der Waals surface area contributed by atoms with E-state index < -0.39 is 6.10 Å². The Morgan fingerprint density at radius 2 is 1.96 bits per heavy atom. The van der Waals surface area contributed by atoms with Crippen LogP contribution in [0.25, 0.3) is 5.69 Å². The van der Waals surface area contributed by atoms with Gasteiger partial charge in [-0.2, -0.15) is 0 Å². The van der Waals surface area contributed by atoms with Crippen LogP contribution in [0.5, 0.6) is 5.75 Å². The van der Waals surface area contributed by atoms with Gasteiger partial charge >= 0.3 is 0 Å². The van der Waals surface area contributed by atoms with Crippen LogP contribution in [0.3, 0.4) is 0 Å². The highest BCUT2D eigenvalue weighted by Crippen LogP contribution is 2.21. The number of aromatic nitrogens is 4. The molecule has 3 aromatic rings. The number of ether oxygens (including phenoxy) is 1. The minimum Gasteiger partial charge on any atom is -0.481 e. The minimum absolute atomic E-state index is 0.209. The Hall–Kier alpha value is -3.22. The molecule has 1 N–H and O–H groups in total. The standard InChI is InChI=1S/C20H23N5O2/c1-4-14(2)16-8-10-17(11-9-16)22-20(26)15(3)27-19-7-5-6-18(12-19)25-13-21-23-24-25/h5-15H,4H2,1-3H3,(H,22,26). The predicted molar refractivity (Wildman–Crippen MR) is 103 cm³/mol. The fourth-order valence-electron chi connectivity index (χ4n) is 2.61. The molecule has 0 aliphatic heterocycles. The molecule has 0 saturated carbocycles. The molecule has 140 valence electrons. The Kier molecular flexibility index (Phi) is 5.80. The van der Waals surface area contributed by atoms with E-state index in [0.717, 1.165) is 17.8 Å². The van der Waals surface area contributed by atoms with Crippen molar-refractivity contribution in [3.63, 3.8) is 0 Å². The van der Waals surface area contributed by atoms with E-state index >= 15 is 0 Å². The van der Waals surface area contributed by atoms with E-state index in [4.69, 9.17) is 4.74 Å². The number of anilines is 1. The third-order valence-corrected chi connectivity index (χ3v) is 4.47. The number of tetrazole rings is 1. The number of hydrogen-bond acceptors (Lipinski definition) is 5. The Bertz CT molecular complexity index is 878. The van der Waals surface area contributed by atoms with Crippen molar-refractivity contribution in [2.24, 2.45) is 0 Å². The molecule has 2 aromatic carbocycles. The van der Waals surface area contributed by atoms with E-state index in [-0.39, 0.29) is 5.91 Å². The molecular formula is C20H23N5O2. The van der Waals surface area contributed by atoms with Crippen molar-refractivity contribution in [2.75, 3.05) is 5.32 Å². The molecule has 2 unspecified atom stereocenters. The summed E-state index contributed by atoms with van der Waals surface area (Å²) in [6, 6.07) is 15.2. The molecule has 0 saturated heterocycles. The van der Waals surface area contributed by atoms with Crippen LogP contribution in [0.4, 0.5) is 5.69 Å². The fraction of sp³-hybridized carbons (Fsp3) is 0.300. The molecule has 0 aliphatic rings. The predicted octanol–water partition coefficient (Wildman–Crippen LogP) is 3.58. The van der Waals surface area contributed by atoms with Crippen LogP contribution >= 0.6 is 0 Å². The van der Waals surface area contributed by atoms with Gasteiger partial charge in [0.2, 0.25) is 0 Å². The van der Waals surface area contributed by atoms with E-state index in [0.29, 0.717) is 11.7 Å². The molecule has 7 nitrogen and oxygen atoms in total. The van der Waals surface area contributed by atoms with Gasteiger partial charge in [0, 0.05) is 11.8 Å². The second-order valence-corrected chi connectivity index (χ2v) is 6.43. The van der Waals surface area contributed by atoms with Crippen LogP contribution in [0.2, 0.25) is 0 Å². The van der Waals surface area contributed by atoms with Crippen molar-refractivity contribution in [1.82, 2.24) is 20.2 Å². The van der Waals surface area contributed by atoms with E-state index in [1.165, 1.54) is 16.6 Å². The zero-order valence-electron chi connectivity index (χ0n) is 15.7. The Labute approximate surface area is 158 Å². The largest absolute Gasteiger partial charge is 0.481 e. The number of rotatable bonds is 7. The summed E-state index contributed by atoms with van der Waals surface area (Å²) in [7, 11) is 0. The van der Waals surface area contributed by atoms with Gasteiger partial charge in [-0.05, 0) is 59.5 Å². The lowest BCUT2D eigenvalue weighted by Gasteiger charge is -2.16. The first-order valence-electron chi connectivity index (χ1n) is 8.97. The van der Waals surface area contributed by atoms with Crippen LogP contribution in [0.1, 0.15) is 38.7 Å². The lowest BCUT2D eigenvalue weighted by Crippen LogP contribution is -2.30. The molecular weight excluding hydrogens is 342 g/mol. The maximum absolute atomic E-state index is 12.4. The average molecular weight is 365 g/mol. The molecule has 27 heavy (non-hydrogen) atoms. The second kappa shape index (κ2) is 8.44. The van der Waals surface area contributed by atoms with Crippen molar-refractivity contribution < 1.29 is 9.53 Å². The molecule has 0 fully saturated rings. The van der Waals surface area contributed by atoms with E-state index in [1.807, 2.05) is 36.4 Å². The topological polar surface area (TPSA) is 81.9 Å². The van der Waals surface area contributed by atoms with Gasteiger partial charge in [-0.1, -0.05) is 32.0 Å². The van der Waals surface area contributed by atoms with Gasteiger partial charge in [0.1, 0.15) is 12.1 Å². The third kappa shape index (κ3) is 4.69. The summed E-state index contributed by atoms with van der Waals surface area (Å²) in [5.74, 6) is 0.862. The van der Waals surface area contributed by atoms with Crippen molar-refractivity contribution in [3.05, 3.63) is 60.4 Å². The number of benzene rings is 2. The highest BCUT2D eigenvalue weighted by Gasteiger charge is 2.15. The van der Waals surface area contributed by atoms with E-state index in [9.17, 15) is 4.79 Å². The Balaban J connectivity index is 1.62. The summed E-state index contributed by atoms with van der Waals surface area (Å²) in [5, 5.41) is 14.0. The van der Waals surface area contributed by atoms with Crippen LogP contribution in [-0.4, -0.2) is 32.2 Å². The monoisotopic (exact) mass is 365 g/mol. The van der Waals surface area contributed by atoms with Gasteiger partial charge in [0.05, 0.1) is 5.69 Å². The number of carbonyl (C=O) groups is 1. The quantitative estimate of drug-likeness (QED) is 0.692. The van der Waals surface area contributed by atoms with Crippen molar-refractivity contribution >= 4 is 11.6 Å². The van der Waals surface area contributed by atoms with Crippen molar-refractivity contribution in [3.8, 4) is 11.4 Å². The highest BCUT2D eigenvalue weighted by molar-refractivity contribution is 5.94. The minimum atomic E-state index is -0.650. The lowest BCUT2D eigenvalue weighted by atomic mass is 9.99. The molecule has 1 aromatic heterocycles. The Morgan fingerprint density at radius 3 is 2.63 bits per heavy atom. The lowest BCUT2D eigenvalue weighted by molar-refractivity contribution is -0.122. The van der Waals surface area contributed by atoms with Crippen LogP contribution < -0.4 is 10.1 Å². The summed E-state index contributed by atoms with van der Waals surface area (Å²) in [6.45, 7) is 6.06. The first-order chi connectivity index (χ1) is 13.1. The first-order valence-corrected chi connectivity index (χ1v) is 8.97. The maximum Gasteiger partial charge on any atom is 0.265 e. The van der Waals surface area contributed by atoms with E-state index in [2.05, 4.69) is 34.7 Å². The molecule has 0 bridgehead atoms. The van der Waals surface area contributed by atoms with Crippen LogP contribution in [0.15, 0.2) is 54.9 Å². The van der Waals surface area contributed by atoms with Gasteiger partial charge in [-0.3, -0.25) is 4.79 Å². The zero-order valence-corrected chi connectivity index (χ0v) is 15.7. The number of nitrogens with one attached hydrogen (secondary N) is 1. The van der Waals surface area contributed by atoms with Crippen LogP contribution in [0, 0.1) is 0 Å². The molecule has 3 rings (SSSR count). The highest BCUT2D eigenvalue weighted by atomic mass is 16.5. The second-order valence-electron chi connectivity index (χ2n) is 6.43. The molecule has 2 atom stereocenters. The number of hydrogen-bond donors (Lipinski definition) is 1. The van der Waals surface area contributed by atoms with Gasteiger partial charge in [0.25, 0.3) is 5.91 Å². The van der Waals surface area contributed by atoms with Crippen molar-refractivity contribution in [2.45, 2.75) is 39.2 Å². The van der Waals surface area contributed by atoms with Gasteiger partial charge in [0.15, 0.2) is 6.10 Å². The van der Waals surface area contributed by atoms with Crippen molar-refractivity contribution in [1.29, 1.82) is 0 Å². The molecule has 0 aliphatic carbocycles. The van der Waals surface area contributed by atoms with Gasteiger partial charge in [-0.15, -0.1) is 5.10 Å². The van der Waals surface area contributed by atoms with Gasteiger partial charge in [-0.25, -0.2) is 4.68 Å². The maximum atomic E-state index is 12.4.